The van der Waals surface area contributed by atoms with Crippen LogP contribution < -0.4 is 5.56 Å². The SMILES string of the molecule is Cc1cc(C)c(C(=O)N2CCC(CC(=O)O)CC2)c(=O)[nH]1. The fraction of sp³-hybridized carbons (Fsp3) is 0.533. The van der Waals surface area contributed by atoms with Crippen LogP contribution >= 0.6 is 0 Å². The predicted molar refractivity (Wildman–Crippen MR) is 77.4 cm³/mol. The van der Waals surface area contributed by atoms with E-state index in [0.29, 0.717) is 31.5 Å². The lowest BCUT2D eigenvalue weighted by molar-refractivity contribution is -0.138. The van der Waals surface area contributed by atoms with Crippen molar-refractivity contribution in [3.05, 3.63) is 33.2 Å². The lowest BCUT2D eigenvalue weighted by atomic mass is 9.93. The highest BCUT2D eigenvalue weighted by atomic mass is 16.4. The number of nitrogens with zero attached hydrogens (tertiary/aromatic N) is 1. The first-order valence-corrected chi connectivity index (χ1v) is 7.10. The quantitative estimate of drug-likeness (QED) is 0.879. The second-order valence-electron chi connectivity index (χ2n) is 5.67. The van der Waals surface area contributed by atoms with E-state index in [9.17, 15) is 14.4 Å². The number of likely N-dealkylation sites (tertiary alicyclic amines) is 1. The zero-order chi connectivity index (χ0) is 15.6. The van der Waals surface area contributed by atoms with Crippen molar-refractivity contribution in [1.29, 1.82) is 0 Å². The molecule has 0 atom stereocenters. The number of aryl methyl sites for hydroxylation is 2. The van der Waals surface area contributed by atoms with E-state index in [1.165, 1.54) is 0 Å². The standard InChI is InChI=1S/C15H20N2O4/c1-9-7-10(2)16-14(20)13(9)15(21)17-5-3-11(4-6-17)8-12(18)19/h7,11H,3-6,8H2,1-2H3,(H,16,20)(H,18,19). The first-order valence-electron chi connectivity index (χ1n) is 7.10. The molecule has 1 aliphatic heterocycles. The number of aromatic amines is 1. The molecule has 1 aliphatic rings. The monoisotopic (exact) mass is 292 g/mol. The molecule has 0 bridgehead atoms. The minimum atomic E-state index is -0.800. The fourth-order valence-corrected chi connectivity index (χ4v) is 2.86. The van der Waals surface area contributed by atoms with Gasteiger partial charge in [-0.05, 0) is 44.2 Å². The van der Waals surface area contributed by atoms with E-state index < -0.39 is 5.97 Å². The number of carbonyl (C=O) groups excluding carboxylic acids is 1. The maximum atomic E-state index is 12.5. The maximum absolute atomic E-state index is 12.5. The topological polar surface area (TPSA) is 90.5 Å². The molecular formula is C15H20N2O4. The first-order chi connectivity index (χ1) is 9.88. The van der Waals surface area contributed by atoms with Gasteiger partial charge in [-0.2, -0.15) is 0 Å². The summed E-state index contributed by atoms with van der Waals surface area (Å²) < 4.78 is 0. The van der Waals surface area contributed by atoms with Crippen molar-refractivity contribution in [2.24, 2.45) is 5.92 Å². The number of H-pyrrole nitrogens is 1. The third-order valence-corrected chi connectivity index (χ3v) is 3.94. The molecular weight excluding hydrogens is 272 g/mol. The predicted octanol–water partition coefficient (Wildman–Crippen LogP) is 1.32. The van der Waals surface area contributed by atoms with Gasteiger partial charge in [0.1, 0.15) is 5.56 Å². The Morgan fingerprint density at radius 1 is 1.33 bits per heavy atom. The van der Waals surface area contributed by atoms with Crippen molar-refractivity contribution in [2.45, 2.75) is 33.1 Å². The van der Waals surface area contributed by atoms with E-state index in [4.69, 9.17) is 5.11 Å². The summed E-state index contributed by atoms with van der Waals surface area (Å²) in [6, 6.07) is 1.78. The molecule has 0 aromatic carbocycles. The van der Waals surface area contributed by atoms with Gasteiger partial charge < -0.3 is 15.0 Å². The number of rotatable bonds is 3. The highest BCUT2D eigenvalue weighted by Gasteiger charge is 2.27. The molecule has 6 heteroatoms. The van der Waals surface area contributed by atoms with Crippen LogP contribution in [0.2, 0.25) is 0 Å². The Labute approximate surface area is 122 Å². The molecule has 1 fully saturated rings. The van der Waals surface area contributed by atoms with E-state index >= 15 is 0 Å². The van der Waals surface area contributed by atoms with Gasteiger partial charge in [0.15, 0.2) is 0 Å². The van der Waals surface area contributed by atoms with Crippen LogP contribution in [-0.4, -0.2) is 40.0 Å². The van der Waals surface area contributed by atoms with E-state index in [-0.39, 0.29) is 29.4 Å². The number of carboxylic acid groups (broad SMARTS) is 1. The summed E-state index contributed by atoms with van der Waals surface area (Å²) in [6.45, 7) is 4.54. The Hall–Kier alpha value is -2.11. The summed E-state index contributed by atoms with van der Waals surface area (Å²) in [5.74, 6) is -0.947. The molecule has 0 saturated carbocycles. The van der Waals surface area contributed by atoms with Crippen LogP contribution in [-0.2, 0) is 4.79 Å². The van der Waals surface area contributed by atoms with Crippen molar-refractivity contribution in [1.82, 2.24) is 9.88 Å². The summed E-state index contributed by atoms with van der Waals surface area (Å²) >= 11 is 0. The van der Waals surface area contributed by atoms with E-state index in [2.05, 4.69) is 4.98 Å². The average molecular weight is 292 g/mol. The number of nitrogens with one attached hydrogen (secondary N) is 1. The molecule has 1 aromatic rings. The molecule has 1 aromatic heterocycles. The molecule has 0 spiro atoms. The van der Waals surface area contributed by atoms with E-state index in [0.717, 1.165) is 5.69 Å². The minimum Gasteiger partial charge on any atom is -0.481 e. The Morgan fingerprint density at radius 3 is 2.48 bits per heavy atom. The highest BCUT2D eigenvalue weighted by Crippen LogP contribution is 2.21. The summed E-state index contributed by atoms with van der Waals surface area (Å²) in [5.41, 5.74) is 1.24. The fourth-order valence-electron chi connectivity index (χ4n) is 2.86. The number of carbonyl (C=O) groups is 2. The normalized spacial score (nSPS) is 16.0. The van der Waals surface area contributed by atoms with Crippen LogP contribution in [0.1, 0.15) is 40.9 Å². The molecule has 2 rings (SSSR count). The smallest absolute Gasteiger partial charge is 0.303 e. The molecule has 1 amide bonds. The average Bonchev–Trinajstić information content (AvgIpc) is 2.37. The van der Waals surface area contributed by atoms with Gasteiger partial charge in [-0.25, -0.2) is 0 Å². The van der Waals surface area contributed by atoms with Crippen LogP contribution in [0.5, 0.6) is 0 Å². The largest absolute Gasteiger partial charge is 0.481 e. The second kappa shape index (κ2) is 6.11. The van der Waals surface area contributed by atoms with Gasteiger partial charge in [0.25, 0.3) is 11.5 Å². The van der Waals surface area contributed by atoms with Crippen molar-refractivity contribution in [3.63, 3.8) is 0 Å². The molecule has 0 aliphatic carbocycles. The number of hydrogen-bond acceptors (Lipinski definition) is 3. The number of aromatic nitrogens is 1. The minimum absolute atomic E-state index is 0.115. The Morgan fingerprint density at radius 2 is 1.95 bits per heavy atom. The van der Waals surface area contributed by atoms with Crippen LogP contribution in [0.4, 0.5) is 0 Å². The number of piperidine rings is 1. The lowest BCUT2D eigenvalue weighted by Crippen LogP contribution is -2.41. The number of amides is 1. The molecule has 2 N–H and O–H groups in total. The Bertz CT molecular complexity index is 613. The third kappa shape index (κ3) is 3.51. The number of carboxylic acids is 1. The van der Waals surface area contributed by atoms with Gasteiger partial charge in [-0.15, -0.1) is 0 Å². The van der Waals surface area contributed by atoms with Gasteiger partial charge in [0.05, 0.1) is 0 Å². The summed E-state index contributed by atoms with van der Waals surface area (Å²) in [7, 11) is 0. The molecule has 0 unspecified atom stereocenters. The number of hydrogen-bond donors (Lipinski definition) is 2. The number of aliphatic carboxylic acids is 1. The zero-order valence-electron chi connectivity index (χ0n) is 12.3. The highest BCUT2D eigenvalue weighted by molar-refractivity contribution is 5.95. The third-order valence-electron chi connectivity index (χ3n) is 3.94. The molecule has 2 heterocycles. The first kappa shape index (κ1) is 15.3. The van der Waals surface area contributed by atoms with Crippen LogP contribution in [0.25, 0.3) is 0 Å². The molecule has 114 valence electrons. The van der Waals surface area contributed by atoms with Crippen LogP contribution in [0.3, 0.4) is 0 Å². The number of pyridine rings is 1. The molecule has 0 radical (unpaired) electrons. The van der Waals surface area contributed by atoms with Gasteiger partial charge in [-0.1, -0.05) is 0 Å². The van der Waals surface area contributed by atoms with Crippen LogP contribution in [0.15, 0.2) is 10.9 Å². The summed E-state index contributed by atoms with van der Waals surface area (Å²) in [4.78, 5) is 39.4. The molecule has 6 nitrogen and oxygen atoms in total. The molecule has 21 heavy (non-hydrogen) atoms. The summed E-state index contributed by atoms with van der Waals surface area (Å²) in [6.07, 6.45) is 1.48. The van der Waals surface area contributed by atoms with Crippen molar-refractivity contribution < 1.29 is 14.7 Å². The maximum Gasteiger partial charge on any atom is 0.303 e. The van der Waals surface area contributed by atoms with Gasteiger partial charge in [0, 0.05) is 25.2 Å². The van der Waals surface area contributed by atoms with E-state index in [1.807, 2.05) is 0 Å². The Kier molecular flexibility index (Phi) is 4.45. The van der Waals surface area contributed by atoms with Crippen molar-refractivity contribution in [2.75, 3.05) is 13.1 Å². The molecule has 1 saturated heterocycles. The van der Waals surface area contributed by atoms with Gasteiger partial charge >= 0.3 is 5.97 Å². The second-order valence-corrected chi connectivity index (χ2v) is 5.67. The van der Waals surface area contributed by atoms with Crippen LogP contribution in [0, 0.1) is 19.8 Å². The lowest BCUT2D eigenvalue weighted by Gasteiger charge is -2.31. The van der Waals surface area contributed by atoms with Gasteiger partial charge in [0.2, 0.25) is 0 Å². The van der Waals surface area contributed by atoms with Crippen molar-refractivity contribution >= 4 is 11.9 Å². The van der Waals surface area contributed by atoms with E-state index in [1.54, 1.807) is 24.8 Å². The van der Waals surface area contributed by atoms with Gasteiger partial charge in [-0.3, -0.25) is 14.4 Å². The zero-order valence-corrected chi connectivity index (χ0v) is 12.3. The Balaban J connectivity index is 2.09. The van der Waals surface area contributed by atoms with Crippen molar-refractivity contribution in [3.8, 4) is 0 Å². The summed E-state index contributed by atoms with van der Waals surface area (Å²) in [5, 5.41) is 8.79.